The molecule has 678 valence electrons. The topological polar surface area (TPSA) is 221 Å². The van der Waals surface area contributed by atoms with E-state index in [1.165, 1.54) is 0 Å². The fourth-order valence-corrected chi connectivity index (χ4v) is 16.6. The van der Waals surface area contributed by atoms with E-state index in [-0.39, 0.29) is 11.6 Å². The molecular weight excluding hydrogens is 2140 g/mol. The van der Waals surface area contributed by atoms with Gasteiger partial charge in [-0.15, -0.1) is 0 Å². The first-order valence-corrected chi connectivity index (χ1v) is 48.7. The van der Waals surface area contributed by atoms with Gasteiger partial charge in [0.15, 0.2) is 23.2 Å². The summed E-state index contributed by atoms with van der Waals surface area (Å²) in [6.45, 7) is 1.56. The molecule has 22 heteroatoms. The van der Waals surface area contributed by atoms with E-state index in [0.29, 0.717) is 28.2 Å². The molecule has 0 atom stereocenters. The van der Waals surface area contributed by atoms with Crippen molar-refractivity contribution >= 4 is 216 Å². The van der Waals surface area contributed by atoms with Crippen LogP contribution >= 0.6 is 107 Å². The number of carbonyl (C=O) groups excluding carboxylic acids is 3. The van der Waals surface area contributed by atoms with Crippen molar-refractivity contribution in [2.75, 3.05) is 0 Å². The van der Waals surface area contributed by atoms with Gasteiger partial charge in [-0.25, -0.2) is 19.9 Å². The van der Waals surface area contributed by atoms with E-state index < -0.39 is 7.12 Å². The lowest BCUT2D eigenvalue weighted by Gasteiger charge is -2.11. The number of furan rings is 3. The Kier molecular flexibility index (Phi) is 33.2. The number of nitrogens with two attached hydrogens (primary N) is 1. The van der Waals surface area contributed by atoms with Crippen LogP contribution in [-0.2, 0) is 0 Å². The van der Waals surface area contributed by atoms with Crippen molar-refractivity contribution in [2.45, 2.75) is 6.92 Å². The number of fused-ring (bicyclic) bond motifs is 9. The number of rotatable bonds is 15. The number of aromatic nitrogens is 4. The molecule has 22 rings (SSSR count). The number of benzene rings is 17. The van der Waals surface area contributed by atoms with Gasteiger partial charge in [0.05, 0.1) is 22.8 Å². The quantitative estimate of drug-likeness (QED) is 0.0217. The number of hydrogen-bond acceptors (Lipinski definition) is 13. The van der Waals surface area contributed by atoms with E-state index in [2.05, 4.69) is 252 Å². The molecule has 139 heavy (non-hydrogen) atoms. The SMILES string of the molecule is Brc1ccc(-c2cc(-c3ccc(Br)cc3)nc(-c3ccccc3)n2)cc1.CC(=O)c1ccc(Br)cc1.NC(=NCl)c1ccccc1.O=C(/C=C/c1ccc(Br)cc1)c1ccc(Br)cc1.O=Cc1ccc(Br)cc1.OB(O)c1ccc2oc3ccccc3c2c1.c1ccc(-c2nc(-c3ccc(-c4ccc5oc6ccccc6c5c4)cc3)cc(-c3ccc(-c4ccc5oc6ccccc6c5c4)cc3)n2)cc1. The minimum atomic E-state index is -1.45. The summed E-state index contributed by atoms with van der Waals surface area (Å²) in [5, 5.41) is 24.6. The lowest BCUT2D eigenvalue weighted by Crippen LogP contribution is -2.29. The Morgan fingerprint density at radius 3 is 0.964 bits per heavy atom. The van der Waals surface area contributed by atoms with Crippen LogP contribution in [0, 0.1) is 0 Å². The second-order valence-corrected chi connectivity index (χ2v) is 37.2. The molecule has 0 fully saturated rings. The third kappa shape index (κ3) is 25.7. The van der Waals surface area contributed by atoms with Crippen molar-refractivity contribution in [1.82, 2.24) is 19.9 Å². The molecular formula is C117H80BBr6ClN6O8. The predicted molar refractivity (Wildman–Crippen MR) is 589 cm³/mol. The molecule has 17 aromatic carbocycles. The van der Waals surface area contributed by atoms with Crippen LogP contribution in [0.5, 0.6) is 0 Å². The fraction of sp³-hybridized carbons (Fsp3) is 0.00855. The van der Waals surface area contributed by atoms with Crippen LogP contribution < -0.4 is 11.2 Å². The van der Waals surface area contributed by atoms with Crippen LogP contribution in [-0.4, -0.2) is 60.8 Å². The third-order valence-electron chi connectivity index (χ3n) is 22.1. The molecule has 22 aromatic rings. The van der Waals surface area contributed by atoms with Crippen molar-refractivity contribution in [3.8, 4) is 90.1 Å². The Hall–Kier alpha value is -14.3. The fourth-order valence-electron chi connectivity index (χ4n) is 14.9. The van der Waals surface area contributed by atoms with Gasteiger partial charge in [-0.2, -0.15) is 4.51 Å². The summed E-state index contributed by atoms with van der Waals surface area (Å²) in [7, 11) is -1.45. The molecule has 0 amide bonds. The summed E-state index contributed by atoms with van der Waals surface area (Å²) < 4.78 is 27.1. The van der Waals surface area contributed by atoms with Gasteiger partial charge in [-0.1, -0.05) is 381 Å². The largest absolute Gasteiger partial charge is 0.488 e. The molecule has 0 aliphatic heterocycles. The highest BCUT2D eigenvalue weighted by Gasteiger charge is 2.19. The normalized spacial score (nSPS) is 10.9. The Balaban J connectivity index is 0.000000131. The highest BCUT2D eigenvalue weighted by Crippen LogP contribution is 2.39. The zero-order valence-corrected chi connectivity index (χ0v) is 84.3. The summed E-state index contributed by atoms with van der Waals surface area (Å²) in [4.78, 5) is 52.5. The molecule has 14 nitrogen and oxygen atoms in total. The zero-order valence-electron chi connectivity index (χ0n) is 74.0. The van der Waals surface area contributed by atoms with E-state index in [1.807, 2.05) is 224 Å². The van der Waals surface area contributed by atoms with Crippen LogP contribution in [0.1, 0.15) is 49.1 Å². The average Bonchev–Trinajstić information content (AvgIpc) is 1.75. The van der Waals surface area contributed by atoms with E-state index in [4.69, 9.17) is 60.7 Å². The molecule has 0 spiro atoms. The van der Waals surface area contributed by atoms with Crippen LogP contribution in [0.25, 0.3) is 162 Å². The molecule has 0 unspecified atom stereocenters. The van der Waals surface area contributed by atoms with Gasteiger partial charge >= 0.3 is 7.12 Å². The molecule has 0 bridgehead atoms. The number of aldehydes is 1. The number of carbonyl (C=O) groups is 3. The van der Waals surface area contributed by atoms with Crippen LogP contribution in [0.2, 0.25) is 0 Å². The second kappa shape index (κ2) is 47.2. The highest BCUT2D eigenvalue weighted by molar-refractivity contribution is 9.11. The first-order valence-electron chi connectivity index (χ1n) is 43.6. The van der Waals surface area contributed by atoms with Gasteiger partial charge in [0.25, 0.3) is 0 Å². The maximum Gasteiger partial charge on any atom is 0.488 e. The molecule has 5 heterocycles. The van der Waals surface area contributed by atoms with Crippen molar-refractivity contribution in [3.05, 3.63) is 485 Å². The molecule has 0 aliphatic carbocycles. The number of nitrogens with zero attached hydrogens (tertiary/aromatic N) is 5. The third-order valence-corrected chi connectivity index (χ3v) is 25.5. The highest BCUT2D eigenvalue weighted by atomic mass is 79.9. The number of hydrogen-bond donors (Lipinski definition) is 3. The number of halogens is 7. The zero-order chi connectivity index (χ0) is 96.7. The number of Topliss-reactive ketones (excluding diaryl/α,β-unsaturated/α-hetero) is 1. The molecule has 5 aromatic heterocycles. The Morgan fingerprint density at radius 1 is 0.309 bits per heavy atom. The minimum absolute atomic E-state index is 0.00502. The van der Waals surface area contributed by atoms with Gasteiger partial charge in [-0.3, -0.25) is 14.4 Å². The van der Waals surface area contributed by atoms with E-state index in [9.17, 15) is 14.4 Å². The summed E-state index contributed by atoms with van der Waals surface area (Å²) in [5.41, 5.74) is 29.3. The van der Waals surface area contributed by atoms with Crippen LogP contribution in [0.4, 0.5) is 0 Å². The summed E-state index contributed by atoms with van der Waals surface area (Å²) in [6.07, 6.45) is 4.23. The van der Waals surface area contributed by atoms with Gasteiger partial charge in [-0.05, 0) is 192 Å². The summed E-state index contributed by atoms with van der Waals surface area (Å²) >= 11 is 25.4. The monoisotopic (exact) mass is 2220 g/mol. The Morgan fingerprint density at radius 2 is 0.604 bits per heavy atom. The molecule has 4 N–H and O–H groups in total. The molecule has 0 saturated carbocycles. The van der Waals surface area contributed by atoms with Gasteiger partial charge in [0.1, 0.15) is 45.6 Å². The van der Waals surface area contributed by atoms with Crippen molar-refractivity contribution in [1.29, 1.82) is 0 Å². The first kappa shape index (κ1) is 97.7. The van der Waals surface area contributed by atoms with E-state index >= 15 is 0 Å². The van der Waals surface area contributed by atoms with E-state index in [0.717, 1.165) is 200 Å². The second-order valence-electron chi connectivity index (χ2n) is 31.5. The standard InChI is InChI=1S/C46H28N2O2.C22H14Br2N2.C15H10Br2O.C12H9BO3.C8H7BrO.C7H5BrO.C7H7ClN2/c1-2-8-33(9-3-1)46-47-40(31-18-14-29(15-19-31)34-22-24-44-38(26-34)36-10-4-6-12-42(36)49-44)28-41(48-46)32-20-16-30(17-21-32)35-23-25-45-39(27-35)37-11-5-7-13-43(37)50-45;23-18-10-6-15(7-11-18)20-14-21(16-8-12-19(24)13-9-16)26-22(25-20)17-4-2-1-3-5-17;16-13-6-1-11(2-7-13)3-10-15(18)12-4-8-14(17)9-5-12;14-13(15)8-5-6-12-10(7-8)9-3-1-2-4-11(9)16-12;1-6(10)7-2-4-8(9)5-3-7;8-7-3-1-6(5-9)2-4-7;8-10-7(9)6-4-2-1-3-5-6/h1-28H;1-14H;1-10H;1-7,14-15H;2-5H,1H3;1-5H;1-5H,(H2,9,10)/b;;10-3+;;;;. The van der Waals surface area contributed by atoms with Crippen LogP contribution in [0.15, 0.2) is 475 Å². The van der Waals surface area contributed by atoms with Crippen LogP contribution in [0.3, 0.4) is 0 Å². The van der Waals surface area contributed by atoms with Crippen molar-refractivity contribution in [3.63, 3.8) is 0 Å². The van der Waals surface area contributed by atoms with E-state index in [1.54, 1.807) is 67.6 Å². The smallest absolute Gasteiger partial charge is 0.456 e. The Labute approximate surface area is 857 Å². The van der Waals surface area contributed by atoms with Crippen molar-refractivity contribution in [2.24, 2.45) is 10.2 Å². The maximum atomic E-state index is 11.9. The molecule has 0 aliphatic rings. The number of ketones is 2. The first-order chi connectivity index (χ1) is 67.7. The predicted octanol–water partition coefficient (Wildman–Crippen LogP) is 32.4. The van der Waals surface area contributed by atoms with Gasteiger partial charge in [0.2, 0.25) is 0 Å². The summed E-state index contributed by atoms with van der Waals surface area (Å²) in [5.74, 6) is 1.88. The number of allylic oxidation sites excluding steroid dienone is 1. The average molecular weight is 2220 g/mol. The Bertz CT molecular complexity index is 7850. The summed E-state index contributed by atoms with van der Waals surface area (Å²) in [6, 6.07) is 139. The lowest BCUT2D eigenvalue weighted by molar-refractivity contribution is 0.101. The number of amidine groups is 1. The van der Waals surface area contributed by atoms with Gasteiger partial charge in [0, 0.05) is 127 Å². The molecule has 0 saturated heterocycles. The number of para-hydroxylation sites is 3. The molecule has 0 radical (unpaired) electrons. The minimum Gasteiger partial charge on any atom is -0.456 e. The van der Waals surface area contributed by atoms with Gasteiger partial charge < -0.3 is 29.0 Å². The van der Waals surface area contributed by atoms with Crippen molar-refractivity contribution < 1.29 is 37.7 Å². The maximum absolute atomic E-state index is 11.9. The lowest BCUT2D eigenvalue weighted by atomic mass is 9.80.